The van der Waals surface area contributed by atoms with E-state index in [1.54, 1.807) is 7.11 Å². The van der Waals surface area contributed by atoms with Crippen molar-refractivity contribution in [2.45, 2.75) is 24.9 Å². The smallest absolute Gasteiger partial charge is 0.166 e. The Morgan fingerprint density at radius 2 is 2.03 bits per heavy atom. The Labute approximate surface area is 176 Å². The molecule has 2 aromatic carbocycles. The number of hydrogen-bond donors (Lipinski definition) is 3. The number of thiocarbonyl (C=S) groups is 1. The van der Waals surface area contributed by atoms with E-state index >= 15 is 0 Å². The predicted octanol–water partition coefficient (Wildman–Crippen LogP) is 3.95. The number of rotatable bonds is 7. The zero-order chi connectivity index (χ0) is 20.1. The summed E-state index contributed by atoms with van der Waals surface area (Å²) in [6.45, 7) is 2.31. The van der Waals surface area contributed by atoms with Crippen LogP contribution in [0.1, 0.15) is 29.9 Å². The Morgan fingerprint density at radius 1 is 1.21 bits per heavy atom. The molecule has 0 saturated carbocycles. The molecule has 0 spiro atoms. The van der Waals surface area contributed by atoms with Crippen LogP contribution in [0, 0.1) is 0 Å². The largest absolute Gasteiger partial charge is 0.497 e. The number of aromatic amines is 1. The third kappa shape index (κ3) is 4.71. The zero-order valence-corrected chi connectivity index (χ0v) is 17.4. The number of benzene rings is 2. The molecule has 5 nitrogen and oxygen atoms in total. The molecule has 1 saturated heterocycles. The van der Waals surface area contributed by atoms with Crippen LogP contribution in [0.3, 0.4) is 0 Å². The fourth-order valence-electron chi connectivity index (χ4n) is 3.89. The van der Waals surface area contributed by atoms with Crippen LogP contribution in [0.5, 0.6) is 5.75 Å². The van der Waals surface area contributed by atoms with Crippen molar-refractivity contribution in [2.24, 2.45) is 0 Å². The summed E-state index contributed by atoms with van der Waals surface area (Å²) in [5, 5.41) is 8.60. The normalized spacial score (nSPS) is 17.2. The van der Waals surface area contributed by atoms with Gasteiger partial charge in [0.05, 0.1) is 13.2 Å². The lowest BCUT2D eigenvalue weighted by atomic mass is 9.91. The molecule has 0 radical (unpaired) electrons. The highest BCUT2D eigenvalue weighted by Crippen LogP contribution is 2.31. The van der Waals surface area contributed by atoms with E-state index in [9.17, 15) is 0 Å². The third-order valence-electron chi connectivity index (χ3n) is 5.50. The second kappa shape index (κ2) is 9.29. The Hall–Kier alpha value is -2.57. The van der Waals surface area contributed by atoms with Gasteiger partial charge in [-0.3, -0.25) is 0 Å². The van der Waals surface area contributed by atoms with E-state index in [2.05, 4.69) is 52.1 Å². The maximum atomic E-state index is 5.66. The van der Waals surface area contributed by atoms with Gasteiger partial charge in [0, 0.05) is 42.7 Å². The van der Waals surface area contributed by atoms with E-state index in [-0.39, 0.29) is 12.0 Å². The van der Waals surface area contributed by atoms with Crippen LogP contribution in [0.2, 0.25) is 0 Å². The number of fused-ring (bicyclic) bond motifs is 1. The minimum absolute atomic E-state index is 0.152. The quantitative estimate of drug-likeness (QED) is 0.516. The highest BCUT2D eigenvalue weighted by atomic mass is 32.1. The Kier molecular flexibility index (Phi) is 6.32. The van der Waals surface area contributed by atoms with Crippen LogP contribution in [0.15, 0.2) is 54.7 Å². The van der Waals surface area contributed by atoms with Crippen LogP contribution < -0.4 is 15.4 Å². The predicted molar refractivity (Wildman–Crippen MR) is 121 cm³/mol. The standard InChI is InChI=1S/C23H27N3O2S/c1-27-17-10-8-16(9-11-17)20(21-15-24-22-7-3-2-6-19(21)22)14-26-23(29)25-13-18-5-4-12-28-18/h2-3,6-11,15,18,20,24H,4-5,12-14H2,1H3,(H2,25,26,29)/t18-,20+/m0/s1. The molecular weight excluding hydrogens is 382 g/mol. The van der Waals surface area contributed by atoms with Crippen molar-refractivity contribution in [2.75, 3.05) is 26.8 Å². The molecule has 0 aliphatic carbocycles. The van der Waals surface area contributed by atoms with Gasteiger partial charge in [0.25, 0.3) is 0 Å². The Balaban J connectivity index is 1.50. The number of nitrogens with one attached hydrogen (secondary N) is 3. The molecule has 2 atom stereocenters. The van der Waals surface area contributed by atoms with E-state index in [0.717, 1.165) is 37.3 Å². The van der Waals surface area contributed by atoms with Gasteiger partial charge in [0.1, 0.15) is 5.75 Å². The van der Waals surface area contributed by atoms with Crippen LogP contribution >= 0.6 is 12.2 Å². The first-order valence-electron chi connectivity index (χ1n) is 10.1. The molecule has 1 aliphatic heterocycles. The molecule has 152 valence electrons. The summed E-state index contributed by atoms with van der Waals surface area (Å²) in [7, 11) is 1.69. The Morgan fingerprint density at radius 3 is 2.79 bits per heavy atom. The molecule has 3 aromatic rings. The number of aromatic nitrogens is 1. The first-order chi connectivity index (χ1) is 14.2. The average molecular weight is 410 g/mol. The lowest BCUT2D eigenvalue weighted by Gasteiger charge is -2.20. The number of methoxy groups -OCH3 is 1. The lowest BCUT2D eigenvalue weighted by molar-refractivity contribution is 0.114. The van der Waals surface area contributed by atoms with E-state index < -0.39 is 0 Å². The summed E-state index contributed by atoms with van der Waals surface area (Å²) in [5.74, 6) is 1.01. The molecule has 1 aromatic heterocycles. The molecule has 1 aliphatic rings. The molecule has 29 heavy (non-hydrogen) atoms. The summed E-state index contributed by atoms with van der Waals surface area (Å²) < 4.78 is 11.0. The van der Waals surface area contributed by atoms with Crippen molar-refractivity contribution in [3.8, 4) is 5.75 Å². The first-order valence-corrected chi connectivity index (χ1v) is 10.5. The molecule has 6 heteroatoms. The highest BCUT2D eigenvalue weighted by molar-refractivity contribution is 7.80. The van der Waals surface area contributed by atoms with Crippen LogP contribution in [0.4, 0.5) is 0 Å². The summed E-state index contributed by atoms with van der Waals surface area (Å²) >= 11 is 5.52. The highest BCUT2D eigenvalue weighted by Gasteiger charge is 2.19. The van der Waals surface area contributed by atoms with Crippen LogP contribution in [-0.2, 0) is 4.74 Å². The maximum Gasteiger partial charge on any atom is 0.166 e. The van der Waals surface area contributed by atoms with Gasteiger partial charge in [0.2, 0.25) is 0 Å². The monoisotopic (exact) mass is 409 g/mol. The number of ether oxygens (including phenoxy) is 2. The minimum atomic E-state index is 0.152. The third-order valence-corrected chi connectivity index (χ3v) is 5.78. The van der Waals surface area contributed by atoms with Gasteiger partial charge in [-0.1, -0.05) is 30.3 Å². The summed E-state index contributed by atoms with van der Waals surface area (Å²) in [6.07, 6.45) is 4.59. The van der Waals surface area contributed by atoms with Gasteiger partial charge < -0.3 is 25.1 Å². The second-order valence-electron chi connectivity index (χ2n) is 7.34. The number of hydrogen-bond acceptors (Lipinski definition) is 3. The van der Waals surface area contributed by atoms with Gasteiger partial charge in [-0.05, 0) is 54.4 Å². The van der Waals surface area contributed by atoms with Gasteiger partial charge in [-0.25, -0.2) is 0 Å². The van der Waals surface area contributed by atoms with Crippen molar-refractivity contribution >= 4 is 28.2 Å². The molecule has 0 unspecified atom stereocenters. The van der Waals surface area contributed by atoms with E-state index in [1.165, 1.54) is 16.5 Å². The fourth-order valence-corrected chi connectivity index (χ4v) is 4.06. The van der Waals surface area contributed by atoms with Crippen LogP contribution in [-0.4, -0.2) is 43.0 Å². The SMILES string of the molecule is COc1ccc([C@@H](CNC(=S)NC[C@@H]2CCCO2)c2c[nH]c3ccccc23)cc1. The van der Waals surface area contributed by atoms with Crippen molar-refractivity contribution < 1.29 is 9.47 Å². The molecular formula is C23H27N3O2S. The molecule has 0 bridgehead atoms. The average Bonchev–Trinajstić information content (AvgIpc) is 3.43. The topological polar surface area (TPSA) is 58.3 Å². The first kappa shape index (κ1) is 19.7. The van der Waals surface area contributed by atoms with Crippen molar-refractivity contribution in [3.63, 3.8) is 0 Å². The molecule has 2 heterocycles. The van der Waals surface area contributed by atoms with E-state index in [4.69, 9.17) is 21.7 Å². The minimum Gasteiger partial charge on any atom is -0.497 e. The van der Waals surface area contributed by atoms with Crippen molar-refractivity contribution in [1.29, 1.82) is 0 Å². The summed E-state index contributed by atoms with van der Waals surface area (Å²) in [4.78, 5) is 3.39. The fraction of sp³-hybridized carbons (Fsp3) is 0.348. The van der Waals surface area contributed by atoms with Crippen molar-refractivity contribution in [3.05, 3.63) is 65.9 Å². The Bertz CT molecular complexity index is 948. The molecule has 1 fully saturated rings. The van der Waals surface area contributed by atoms with E-state index in [1.807, 2.05) is 18.2 Å². The maximum absolute atomic E-state index is 5.66. The summed E-state index contributed by atoms with van der Waals surface area (Å²) in [6, 6.07) is 16.6. The molecule has 4 rings (SSSR count). The van der Waals surface area contributed by atoms with Gasteiger partial charge in [0.15, 0.2) is 5.11 Å². The van der Waals surface area contributed by atoms with E-state index in [0.29, 0.717) is 11.7 Å². The van der Waals surface area contributed by atoms with Gasteiger partial charge in [-0.2, -0.15) is 0 Å². The zero-order valence-electron chi connectivity index (χ0n) is 16.6. The number of para-hydroxylation sites is 1. The van der Waals surface area contributed by atoms with Crippen LogP contribution in [0.25, 0.3) is 10.9 Å². The lowest BCUT2D eigenvalue weighted by Crippen LogP contribution is -2.41. The van der Waals surface area contributed by atoms with Gasteiger partial charge in [-0.15, -0.1) is 0 Å². The molecule has 3 N–H and O–H groups in total. The number of H-pyrrole nitrogens is 1. The second-order valence-corrected chi connectivity index (χ2v) is 7.75. The summed E-state index contributed by atoms with van der Waals surface area (Å²) in [5.41, 5.74) is 3.60. The molecule has 0 amide bonds. The van der Waals surface area contributed by atoms with Gasteiger partial charge >= 0.3 is 0 Å². The van der Waals surface area contributed by atoms with Crippen molar-refractivity contribution in [1.82, 2.24) is 15.6 Å².